The summed E-state index contributed by atoms with van der Waals surface area (Å²) >= 11 is 1.02. The monoisotopic (exact) mass is 577 g/mol. The van der Waals surface area contributed by atoms with Crippen LogP contribution in [0, 0.1) is 11.8 Å². The van der Waals surface area contributed by atoms with Gasteiger partial charge in [-0.25, -0.2) is 4.79 Å². The SMILES string of the molecule is CC(=O)[C@H](C)N(C)C(CCSC1CC(=O)N(C[C@H]2CC[C@H](C(=O)ON3C(=O)CCC3=O)CC2)C1=O)C(F)(F)F. The molecule has 3 rings (SSSR count). The summed E-state index contributed by atoms with van der Waals surface area (Å²) in [6, 6.07) is -2.76. The molecule has 0 radical (unpaired) electrons. The summed E-state index contributed by atoms with van der Waals surface area (Å²) < 4.78 is 40.8. The fourth-order valence-corrected chi connectivity index (χ4v) is 6.29. The number of nitrogens with zero attached hydrogens (tertiary/aromatic N) is 3. The van der Waals surface area contributed by atoms with Crippen molar-refractivity contribution in [3.63, 3.8) is 0 Å². The van der Waals surface area contributed by atoms with Crippen molar-refractivity contribution in [2.45, 2.75) is 88.7 Å². The minimum Gasteiger partial charge on any atom is -0.330 e. The molecule has 39 heavy (non-hydrogen) atoms. The Morgan fingerprint density at radius 3 is 2.18 bits per heavy atom. The molecule has 3 atom stereocenters. The number of ketones is 1. The number of likely N-dealkylation sites (N-methyl/N-ethyl adjacent to an activating group) is 1. The van der Waals surface area contributed by atoms with Gasteiger partial charge in [0.2, 0.25) is 11.8 Å². The van der Waals surface area contributed by atoms with Crippen molar-refractivity contribution < 1.29 is 46.8 Å². The fraction of sp³-hybridized carbons (Fsp3) is 0.760. The molecule has 0 bridgehead atoms. The van der Waals surface area contributed by atoms with E-state index < -0.39 is 53.1 Å². The van der Waals surface area contributed by atoms with Crippen molar-refractivity contribution in [2.24, 2.45) is 11.8 Å². The third-order valence-corrected chi connectivity index (χ3v) is 9.03. The van der Waals surface area contributed by atoms with Crippen molar-refractivity contribution in [2.75, 3.05) is 19.3 Å². The minimum absolute atomic E-state index is 0.00802. The van der Waals surface area contributed by atoms with Gasteiger partial charge in [0.05, 0.1) is 17.2 Å². The van der Waals surface area contributed by atoms with Crippen molar-refractivity contribution in [1.29, 1.82) is 0 Å². The Bertz CT molecular complexity index is 984. The molecule has 2 heterocycles. The van der Waals surface area contributed by atoms with Crippen LogP contribution in [0.5, 0.6) is 0 Å². The largest absolute Gasteiger partial charge is 0.404 e. The van der Waals surface area contributed by atoms with Gasteiger partial charge in [0.25, 0.3) is 11.8 Å². The zero-order chi connectivity index (χ0) is 29.1. The molecule has 1 aliphatic carbocycles. The second-order valence-electron chi connectivity index (χ2n) is 10.4. The molecule has 3 fully saturated rings. The number of hydroxylamine groups is 2. The Labute approximate surface area is 228 Å². The predicted molar refractivity (Wildman–Crippen MR) is 133 cm³/mol. The Kier molecular flexibility index (Phi) is 10.2. The van der Waals surface area contributed by atoms with E-state index in [-0.39, 0.29) is 55.6 Å². The van der Waals surface area contributed by atoms with Crippen molar-refractivity contribution >= 4 is 47.1 Å². The maximum Gasteiger partial charge on any atom is 0.404 e. The first-order valence-electron chi connectivity index (χ1n) is 13.0. The van der Waals surface area contributed by atoms with E-state index in [1.54, 1.807) is 0 Å². The molecule has 4 amide bonds. The number of thioether (sulfide) groups is 1. The molecule has 3 aliphatic rings. The number of carbonyl (C=O) groups is 6. The molecule has 1 saturated carbocycles. The highest BCUT2D eigenvalue weighted by atomic mass is 32.2. The number of halogens is 3. The third-order valence-electron chi connectivity index (χ3n) is 7.79. The lowest BCUT2D eigenvalue weighted by Crippen LogP contribution is -2.50. The molecule has 14 heteroatoms. The van der Waals surface area contributed by atoms with Crippen LogP contribution in [0.25, 0.3) is 0 Å². The average molecular weight is 578 g/mol. The van der Waals surface area contributed by atoms with E-state index in [9.17, 15) is 41.9 Å². The molecular formula is C25H34F3N3O7S. The van der Waals surface area contributed by atoms with Crippen LogP contribution in [-0.2, 0) is 33.6 Å². The Morgan fingerprint density at radius 1 is 1.05 bits per heavy atom. The lowest BCUT2D eigenvalue weighted by molar-refractivity contribution is -0.201. The topological polar surface area (TPSA) is 121 Å². The predicted octanol–water partition coefficient (Wildman–Crippen LogP) is 2.49. The summed E-state index contributed by atoms with van der Waals surface area (Å²) in [5, 5.41) is -0.240. The standard InChI is InChI=1S/C25H34F3N3O7S/c1-14(15(2)32)29(3)19(25(26,27)28)10-11-39-18-12-22(35)30(23(18)36)13-16-4-6-17(7-5-16)24(37)38-31-20(33)8-9-21(31)34/h14,16-19H,4-13H2,1-3H3/t14-,16-,17-,18?,19?/m0/s1. The second-order valence-corrected chi connectivity index (χ2v) is 11.7. The molecule has 2 saturated heterocycles. The van der Waals surface area contributed by atoms with Gasteiger partial charge >= 0.3 is 12.1 Å². The van der Waals surface area contributed by atoms with Crippen LogP contribution < -0.4 is 0 Å². The van der Waals surface area contributed by atoms with E-state index in [1.165, 1.54) is 20.9 Å². The molecular weight excluding hydrogens is 543 g/mol. The van der Waals surface area contributed by atoms with Crippen molar-refractivity contribution in [1.82, 2.24) is 14.9 Å². The molecule has 0 aromatic heterocycles. The highest BCUT2D eigenvalue weighted by molar-refractivity contribution is 8.00. The van der Waals surface area contributed by atoms with E-state index >= 15 is 0 Å². The van der Waals surface area contributed by atoms with Crippen LogP contribution in [0.4, 0.5) is 13.2 Å². The number of Topliss-reactive ketones (excluding diaryl/α,β-unsaturated/α-hetero) is 1. The summed E-state index contributed by atoms with van der Waals surface area (Å²) in [6.07, 6.45) is -3.04. The first kappa shape index (κ1) is 31.1. The summed E-state index contributed by atoms with van der Waals surface area (Å²) in [5.41, 5.74) is 0. The van der Waals surface area contributed by atoms with Crippen molar-refractivity contribution in [3.8, 4) is 0 Å². The maximum atomic E-state index is 13.6. The van der Waals surface area contributed by atoms with Gasteiger partial charge in [-0.05, 0) is 64.7 Å². The van der Waals surface area contributed by atoms with Gasteiger partial charge in [0.1, 0.15) is 11.8 Å². The molecule has 218 valence electrons. The van der Waals surface area contributed by atoms with Crippen LogP contribution >= 0.6 is 11.8 Å². The number of alkyl halides is 3. The van der Waals surface area contributed by atoms with Gasteiger partial charge in [-0.15, -0.1) is 16.8 Å². The minimum atomic E-state index is -4.55. The van der Waals surface area contributed by atoms with Crippen molar-refractivity contribution in [3.05, 3.63) is 0 Å². The van der Waals surface area contributed by atoms with Gasteiger partial charge in [0, 0.05) is 25.8 Å². The zero-order valence-corrected chi connectivity index (χ0v) is 23.0. The Morgan fingerprint density at radius 2 is 1.64 bits per heavy atom. The molecule has 2 aliphatic heterocycles. The molecule has 0 aromatic rings. The number of amides is 4. The molecule has 0 aromatic carbocycles. The number of likely N-dealkylation sites (tertiary alicyclic amines) is 1. The average Bonchev–Trinajstić information content (AvgIpc) is 3.32. The van der Waals surface area contributed by atoms with Gasteiger partial charge in [-0.3, -0.25) is 33.8 Å². The van der Waals surface area contributed by atoms with Crippen LogP contribution in [0.1, 0.15) is 65.2 Å². The van der Waals surface area contributed by atoms with Crippen LogP contribution in [0.3, 0.4) is 0 Å². The highest BCUT2D eigenvalue weighted by Crippen LogP contribution is 2.35. The van der Waals surface area contributed by atoms with Crippen LogP contribution in [0.15, 0.2) is 0 Å². The molecule has 10 nitrogen and oxygen atoms in total. The van der Waals surface area contributed by atoms with Gasteiger partial charge in [-0.2, -0.15) is 13.2 Å². The van der Waals surface area contributed by atoms with Gasteiger partial charge in [-0.1, -0.05) is 0 Å². The summed E-state index contributed by atoms with van der Waals surface area (Å²) in [4.78, 5) is 79.8. The molecule has 2 unspecified atom stereocenters. The number of carbonyl (C=O) groups excluding carboxylic acids is 6. The Balaban J connectivity index is 1.46. The van der Waals surface area contributed by atoms with Crippen LogP contribution in [-0.4, -0.2) is 93.1 Å². The smallest absolute Gasteiger partial charge is 0.330 e. The molecule has 0 N–H and O–H groups in total. The van der Waals surface area contributed by atoms with Gasteiger partial charge in [0.15, 0.2) is 0 Å². The van der Waals surface area contributed by atoms with Gasteiger partial charge < -0.3 is 4.84 Å². The number of hydrogen-bond donors (Lipinski definition) is 0. The van der Waals surface area contributed by atoms with E-state index in [2.05, 4.69) is 0 Å². The first-order valence-corrected chi connectivity index (χ1v) is 14.1. The normalized spacial score (nSPS) is 26.0. The van der Waals surface area contributed by atoms with E-state index in [1.807, 2.05) is 0 Å². The number of hydrogen-bond acceptors (Lipinski definition) is 9. The van der Waals surface area contributed by atoms with E-state index in [0.29, 0.717) is 30.7 Å². The number of rotatable bonds is 11. The first-order chi connectivity index (χ1) is 18.2. The summed E-state index contributed by atoms with van der Waals surface area (Å²) in [5.74, 6) is -3.48. The quantitative estimate of drug-likeness (QED) is 0.341. The molecule has 0 spiro atoms. The lowest BCUT2D eigenvalue weighted by atomic mass is 9.82. The number of imide groups is 2. The maximum absolute atomic E-state index is 13.6. The third kappa shape index (κ3) is 7.59. The fourth-order valence-electron chi connectivity index (χ4n) is 5.11. The Hall–Kier alpha value is -2.48. The second kappa shape index (κ2) is 12.8. The highest BCUT2D eigenvalue weighted by Gasteiger charge is 2.45. The lowest BCUT2D eigenvalue weighted by Gasteiger charge is -2.33. The van der Waals surface area contributed by atoms with E-state index in [4.69, 9.17) is 4.84 Å². The summed E-state index contributed by atoms with van der Waals surface area (Å²) in [7, 11) is 1.25. The summed E-state index contributed by atoms with van der Waals surface area (Å²) in [6.45, 7) is 2.82. The zero-order valence-electron chi connectivity index (χ0n) is 22.2. The van der Waals surface area contributed by atoms with E-state index in [0.717, 1.165) is 21.6 Å². The van der Waals surface area contributed by atoms with Crippen LogP contribution in [0.2, 0.25) is 0 Å².